The third kappa shape index (κ3) is 5.66. The number of nitrogens with two attached hydrogens (primary N) is 1. The second kappa shape index (κ2) is 8.76. The summed E-state index contributed by atoms with van der Waals surface area (Å²) in [6, 6.07) is 7.82. The number of carbonyl (C=O) groups excluding carboxylic acids is 1. The molecule has 1 amide bonds. The molecule has 5 nitrogen and oxygen atoms in total. The van der Waals surface area contributed by atoms with Crippen molar-refractivity contribution in [1.29, 1.82) is 0 Å². The molecule has 0 bridgehead atoms. The van der Waals surface area contributed by atoms with Crippen LogP contribution < -0.4 is 10.5 Å². The van der Waals surface area contributed by atoms with E-state index in [1.807, 2.05) is 18.2 Å². The van der Waals surface area contributed by atoms with E-state index in [1.165, 1.54) is 18.4 Å². The first-order valence-electron chi connectivity index (χ1n) is 8.01. The molecule has 1 aliphatic rings. The zero-order valence-corrected chi connectivity index (χ0v) is 13.3. The van der Waals surface area contributed by atoms with Gasteiger partial charge in [-0.25, -0.2) is 0 Å². The van der Waals surface area contributed by atoms with Gasteiger partial charge >= 0.3 is 0 Å². The van der Waals surface area contributed by atoms with Crippen LogP contribution in [0.3, 0.4) is 0 Å². The fraction of sp³-hybridized carbons (Fsp3) is 0.588. The Morgan fingerprint density at radius 1 is 1.45 bits per heavy atom. The summed E-state index contributed by atoms with van der Waals surface area (Å²) in [5.41, 5.74) is 6.26. The van der Waals surface area contributed by atoms with Crippen molar-refractivity contribution in [3.8, 4) is 5.75 Å². The average Bonchev–Trinajstić information content (AvgIpc) is 2.53. The number of primary amides is 1. The van der Waals surface area contributed by atoms with Gasteiger partial charge in [0.05, 0.1) is 6.10 Å². The lowest BCUT2D eigenvalue weighted by atomic mass is 10.1. The maximum absolute atomic E-state index is 10.8. The van der Waals surface area contributed by atoms with Crippen LogP contribution in [-0.2, 0) is 16.1 Å². The van der Waals surface area contributed by atoms with E-state index in [1.54, 1.807) is 0 Å². The summed E-state index contributed by atoms with van der Waals surface area (Å²) in [6.07, 6.45) is 3.95. The normalized spacial score (nSPS) is 18.4. The van der Waals surface area contributed by atoms with Gasteiger partial charge in [0.15, 0.2) is 6.61 Å². The van der Waals surface area contributed by atoms with Crippen LogP contribution >= 0.6 is 0 Å². The smallest absolute Gasteiger partial charge is 0.255 e. The van der Waals surface area contributed by atoms with Crippen LogP contribution in [0.4, 0.5) is 0 Å². The molecule has 0 spiro atoms. The fourth-order valence-corrected chi connectivity index (χ4v) is 2.69. The van der Waals surface area contributed by atoms with E-state index >= 15 is 0 Å². The summed E-state index contributed by atoms with van der Waals surface area (Å²) in [4.78, 5) is 13.2. The molecule has 1 aliphatic heterocycles. The van der Waals surface area contributed by atoms with Gasteiger partial charge in [-0.1, -0.05) is 19.1 Å². The van der Waals surface area contributed by atoms with Crippen molar-refractivity contribution in [2.45, 2.75) is 38.8 Å². The molecule has 1 aromatic carbocycles. The third-order valence-electron chi connectivity index (χ3n) is 3.87. The van der Waals surface area contributed by atoms with Crippen LogP contribution in [0.5, 0.6) is 5.75 Å². The topological polar surface area (TPSA) is 64.8 Å². The monoisotopic (exact) mass is 306 g/mol. The lowest BCUT2D eigenvalue weighted by Crippen LogP contribution is -2.35. The van der Waals surface area contributed by atoms with E-state index in [-0.39, 0.29) is 6.61 Å². The minimum atomic E-state index is -0.463. The van der Waals surface area contributed by atoms with E-state index in [0.717, 1.165) is 32.7 Å². The van der Waals surface area contributed by atoms with E-state index in [0.29, 0.717) is 11.9 Å². The molecule has 1 saturated heterocycles. The van der Waals surface area contributed by atoms with Gasteiger partial charge in [0.2, 0.25) is 0 Å². The highest BCUT2D eigenvalue weighted by Crippen LogP contribution is 2.17. The molecule has 0 unspecified atom stereocenters. The van der Waals surface area contributed by atoms with E-state index in [4.69, 9.17) is 15.2 Å². The largest absolute Gasteiger partial charge is 0.484 e. The Balaban J connectivity index is 1.89. The van der Waals surface area contributed by atoms with E-state index in [9.17, 15) is 4.79 Å². The van der Waals surface area contributed by atoms with Crippen LogP contribution in [0.25, 0.3) is 0 Å². The summed E-state index contributed by atoms with van der Waals surface area (Å²) in [7, 11) is 0. The van der Waals surface area contributed by atoms with Crippen LogP contribution in [-0.4, -0.2) is 43.2 Å². The van der Waals surface area contributed by atoms with Crippen molar-refractivity contribution < 1.29 is 14.3 Å². The summed E-state index contributed by atoms with van der Waals surface area (Å²) >= 11 is 0. The highest BCUT2D eigenvalue weighted by Gasteiger charge is 2.17. The van der Waals surface area contributed by atoms with Gasteiger partial charge < -0.3 is 15.2 Å². The number of likely N-dealkylation sites (N-methyl/N-ethyl adjacent to an activating group) is 1. The molecule has 0 saturated carbocycles. The maximum Gasteiger partial charge on any atom is 0.255 e. The Labute approximate surface area is 132 Å². The number of nitrogens with zero attached hydrogens (tertiary/aromatic N) is 1. The molecule has 1 aromatic rings. The van der Waals surface area contributed by atoms with Crippen LogP contribution in [0.15, 0.2) is 24.3 Å². The predicted molar refractivity (Wildman–Crippen MR) is 85.7 cm³/mol. The molecule has 1 heterocycles. The first-order valence-corrected chi connectivity index (χ1v) is 8.01. The van der Waals surface area contributed by atoms with Gasteiger partial charge in [0.25, 0.3) is 5.91 Å². The molecule has 1 fully saturated rings. The van der Waals surface area contributed by atoms with Gasteiger partial charge in [-0.05, 0) is 43.5 Å². The van der Waals surface area contributed by atoms with Gasteiger partial charge in [0, 0.05) is 19.7 Å². The molecule has 1 atom stereocenters. The van der Waals surface area contributed by atoms with Crippen molar-refractivity contribution in [2.75, 3.05) is 26.3 Å². The minimum Gasteiger partial charge on any atom is -0.484 e. The highest BCUT2D eigenvalue weighted by molar-refractivity contribution is 5.75. The standard InChI is InChI=1S/C17H26N2O3/c1-2-19(12-16-7-3-4-9-21-16)11-14-6-5-8-15(10-14)22-13-17(18)20/h5-6,8,10,16H,2-4,7,9,11-13H2,1H3,(H2,18,20)/t16-/m0/s1. The molecule has 22 heavy (non-hydrogen) atoms. The first kappa shape index (κ1) is 16.8. The number of rotatable bonds is 8. The van der Waals surface area contributed by atoms with Crippen LogP contribution in [0.2, 0.25) is 0 Å². The summed E-state index contributed by atoms with van der Waals surface area (Å²) in [5.74, 6) is 0.219. The Kier molecular flexibility index (Phi) is 6.68. The number of carbonyl (C=O) groups is 1. The first-order chi connectivity index (χ1) is 10.7. The van der Waals surface area contributed by atoms with Gasteiger partial charge in [-0.3, -0.25) is 9.69 Å². The quantitative estimate of drug-likeness (QED) is 0.797. The Morgan fingerprint density at radius 2 is 2.32 bits per heavy atom. The molecular weight excluding hydrogens is 280 g/mol. The van der Waals surface area contributed by atoms with Gasteiger partial charge in [0.1, 0.15) is 5.75 Å². The molecule has 2 N–H and O–H groups in total. The summed E-state index contributed by atoms with van der Waals surface area (Å²) < 4.78 is 11.2. The number of ether oxygens (including phenoxy) is 2. The maximum atomic E-state index is 10.8. The van der Waals surface area contributed by atoms with Gasteiger partial charge in [-0.2, -0.15) is 0 Å². The van der Waals surface area contributed by atoms with E-state index < -0.39 is 5.91 Å². The van der Waals surface area contributed by atoms with Crippen molar-refractivity contribution in [3.05, 3.63) is 29.8 Å². The Bertz CT molecular complexity index is 473. The minimum absolute atomic E-state index is 0.0864. The molecule has 2 rings (SSSR count). The number of benzene rings is 1. The molecule has 0 aliphatic carbocycles. The SMILES string of the molecule is CCN(Cc1cccc(OCC(N)=O)c1)C[C@@H]1CCCCO1. The number of hydrogen-bond donors (Lipinski definition) is 1. The average molecular weight is 306 g/mol. The van der Waals surface area contributed by atoms with Gasteiger partial charge in [-0.15, -0.1) is 0 Å². The lowest BCUT2D eigenvalue weighted by Gasteiger charge is -2.29. The molecule has 122 valence electrons. The number of hydrogen-bond acceptors (Lipinski definition) is 4. The predicted octanol–water partition coefficient (Wildman–Crippen LogP) is 1.94. The Hall–Kier alpha value is -1.59. The molecular formula is C17H26N2O3. The van der Waals surface area contributed by atoms with Crippen LogP contribution in [0, 0.1) is 0 Å². The number of amides is 1. The summed E-state index contributed by atoms with van der Waals surface area (Å²) in [5, 5.41) is 0. The van der Waals surface area contributed by atoms with E-state index in [2.05, 4.69) is 17.9 Å². The lowest BCUT2D eigenvalue weighted by molar-refractivity contribution is -0.119. The third-order valence-corrected chi connectivity index (χ3v) is 3.87. The summed E-state index contributed by atoms with van der Waals surface area (Å²) in [6.45, 7) is 5.75. The van der Waals surface area contributed by atoms with Crippen molar-refractivity contribution in [2.24, 2.45) is 5.73 Å². The van der Waals surface area contributed by atoms with Crippen molar-refractivity contribution in [1.82, 2.24) is 4.90 Å². The zero-order chi connectivity index (χ0) is 15.8. The zero-order valence-electron chi connectivity index (χ0n) is 13.3. The molecule has 5 heteroatoms. The van der Waals surface area contributed by atoms with Crippen molar-refractivity contribution >= 4 is 5.91 Å². The molecule has 0 aromatic heterocycles. The fourth-order valence-electron chi connectivity index (χ4n) is 2.69. The highest BCUT2D eigenvalue weighted by atomic mass is 16.5. The van der Waals surface area contributed by atoms with Crippen molar-refractivity contribution in [3.63, 3.8) is 0 Å². The Morgan fingerprint density at radius 3 is 3.00 bits per heavy atom. The second-order valence-electron chi connectivity index (χ2n) is 5.72. The second-order valence-corrected chi connectivity index (χ2v) is 5.72. The molecule has 0 radical (unpaired) electrons. The van der Waals surface area contributed by atoms with Crippen LogP contribution in [0.1, 0.15) is 31.7 Å².